The molecule has 7 rings (SSSR count). The van der Waals surface area contributed by atoms with E-state index in [1.807, 2.05) is 59.5 Å². The van der Waals surface area contributed by atoms with Gasteiger partial charge in [0.05, 0.1) is 16.9 Å². The molecule has 4 heterocycles. The smallest absolute Gasteiger partial charge is 0.262 e. The quantitative estimate of drug-likeness (QED) is 0.308. The van der Waals surface area contributed by atoms with E-state index >= 15 is 0 Å². The fourth-order valence-electron chi connectivity index (χ4n) is 7.61. The largest absolute Gasteiger partial charge is 0.309 e. The van der Waals surface area contributed by atoms with Gasteiger partial charge in [-0.05, 0) is 59.7 Å². The van der Waals surface area contributed by atoms with Crippen LogP contribution in [0.5, 0.6) is 0 Å². The highest BCUT2D eigenvalue weighted by Crippen LogP contribution is 2.66. The molecule has 0 radical (unpaired) electrons. The SMILES string of the molecule is C=CC(C)(C)[C@@]12C[C@H]3c4nc5ccccc5c(=O)n4[C@H](C)C(=O)N3[C@@H]1N(C(C)=O)c1ccc(-c3ccccc3)cc12. The molecule has 2 amide bonds. The number of para-hydroxylation sites is 1. The van der Waals surface area contributed by atoms with E-state index < -0.39 is 29.1 Å². The zero-order valence-electron chi connectivity index (χ0n) is 23.7. The molecule has 0 N–H and O–H groups in total. The topological polar surface area (TPSA) is 75.5 Å². The van der Waals surface area contributed by atoms with Crippen LogP contribution in [0.2, 0.25) is 0 Å². The number of benzene rings is 3. The Bertz CT molecular complexity index is 1840. The molecule has 1 aromatic heterocycles. The zero-order chi connectivity index (χ0) is 28.8. The number of hydrogen-bond acceptors (Lipinski definition) is 4. The molecule has 1 saturated heterocycles. The summed E-state index contributed by atoms with van der Waals surface area (Å²) >= 11 is 0. The van der Waals surface area contributed by atoms with Crippen molar-refractivity contribution in [3.05, 3.63) is 107 Å². The van der Waals surface area contributed by atoms with Crippen LogP contribution in [0.3, 0.4) is 0 Å². The molecule has 0 bridgehead atoms. The molecule has 3 aliphatic rings. The highest BCUT2D eigenvalue weighted by atomic mass is 16.2. The Labute approximate surface area is 238 Å². The molecule has 0 unspecified atom stereocenters. The van der Waals surface area contributed by atoms with Crippen LogP contribution >= 0.6 is 0 Å². The van der Waals surface area contributed by atoms with Crippen molar-refractivity contribution >= 4 is 28.4 Å². The van der Waals surface area contributed by atoms with Crippen LogP contribution in [0.25, 0.3) is 22.0 Å². The van der Waals surface area contributed by atoms with Crippen molar-refractivity contribution in [1.82, 2.24) is 14.5 Å². The molecule has 7 nitrogen and oxygen atoms in total. The second kappa shape index (κ2) is 8.49. The van der Waals surface area contributed by atoms with E-state index in [9.17, 15) is 14.4 Å². The first kappa shape index (κ1) is 25.4. The number of anilines is 1. The maximum absolute atomic E-state index is 14.3. The van der Waals surface area contributed by atoms with E-state index in [1.54, 1.807) is 29.4 Å². The van der Waals surface area contributed by atoms with Crippen molar-refractivity contribution in [3.8, 4) is 11.1 Å². The second-order valence-corrected chi connectivity index (χ2v) is 12.1. The number of allylic oxidation sites excluding steroid dienone is 1. The molecule has 206 valence electrons. The lowest BCUT2D eigenvalue weighted by molar-refractivity contribution is -0.141. The number of rotatable bonds is 3. The number of fused-ring (bicyclic) bond motifs is 8. The fraction of sp³-hybridized carbons (Fsp3) is 0.294. The molecule has 1 fully saturated rings. The zero-order valence-corrected chi connectivity index (χ0v) is 23.7. The Balaban J connectivity index is 1.53. The van der Waals surface area contributed by atoms with Crippen molar-refractivity contribution < 1.29 is 9.59 Å². The third-order valence-corrected chi connectivity index (χ3v) is 9.78. The molecule has 0 saturated carbocycles. The first-order chi connectivity index (χ1) is 19.6. The minimum absolute atomic E-state index is 0.138. The van der Waals surface area contributed by atoms with Gasteiger partial charge in [0.25, 0.3) is 5.56 Å². The Hall–Kier alpha value is -4.52. The summed E-state index contributed by atoms with van der Waals surface area (Å²) in [5.74, 6) is 0.246. The molecule has 0 aliphatic carbocycles. The van der Waals surface area contributed by atoms with Gasteiger partial charge in [-0.15, -0.1) is 6.58 Å². The summed E-state index contributed by atoms with van der Waals surface area (Å²) < 4.78 is 1.57. The van der Waals surface area contributed by atoms with Gasteiger partial charge in [0.15, 0.2) is 0 Å². The van der Waals surface area contributed by atoms with E-state index in [0.29, 0.717) is 23.1 Å². The molecule has 0 spiro atoms. The lowest BCUT2D eigenvalue weighted by Gasteiger charge is -2.46. The highest BCUT2D eigenvalue weighted by Gasteiger charge is 2.69. The fourth-order valence-corrected chi connectivity index (χ4v) is 7.61. The van der Waals surface area contributed by atoms with E-state index in [2.05, 4.69) is 38.6 Å². The predicted molar refractivity (Wildman–Crippen MR) is 159 cm³/mol. The molecular formula is C34H32N4O3. The summed E-state index contributed by atoms with van der Waals surface area (Å²) in [6.07, 6.45) is 1.84. The van der Waals surface area contributed by atoms with Gasteiger partial charge < -0.3 is 4.90 Å². The Morgan fingerprint density at radius 3 is 2.44 bits per heavy atom. The number of nitrogens with zero attached hydrogens (tertiary/aromatic N) is 4. The van der Waals surface area contributed by atoms with Gasteiger partial charge in [-0.3, -0.25) is 23.9 Å². The van der Waals surface area contributed by atoms with Gasteiger partial charge in [-0.1, -0.05) is 68.5 Å². The number of carbonyl (C=O) groups excluding carboxylic acids is 2. The number of aromatic nitrogens is 2. The van der Waals surface area contributed by atoms with Crippen LogP contribution in [-0.4, -0.2) is 32.4 Å². The van der Waals surface area contributed by atoms with E-state index in [1.165, 1.54) is 0 Å². The lowest BCUT2D eigenvalue weighted by atomic mass is 9.60. The summed E-state index contributed by atoms with van der Waals surface area (Å²) in [4.78, 5) is 50.2. The monoisotopic (exact) mass is 544 g/mol. The van der Waals surface area contributed by atoms with Gasteiger partial charge in [-0.2, -0.15) is 0 Å². The molecule has 4 aromatic rings. The minimum Gasteiger partial charge on any atom is -0.309 e. The highest BCUT2D eigenvalue weighted by molar-refractivity contribution is 5.98. The van der Waals surface area contributed by atoms with Gasteiger partial charge >= 0.3 is 0 Å². The van der Waals surface area contributed by atoms with E-state index in [4.69, 9.17) is 4.98 Å². The molecule has 4 atom stereocenters. The predicted octanol–water partition coefficient (Wildman–Crippen LogP) is 5.75. The molecule has 3 aromatic carbocycles. The van der Waals surface area contributed by atoms with Crippen molar-refractivity contribution in [2.75, 3.05) is 4.90 Å². The van der Waals surface area contributed by atoms with Crippen LogP contribution < -0.4 is 10.5 Å². The Morgan fingerprint density at radius 1 is 1.02 bits per heavy atom. The summed E-state index contributed by atoms with van der Waals surface area (Å²) in [5, 5.41) is 0.492. The Morgan fingerprint density at radius 2 is 1.73 bits per heavy atom. The maximum atomic E-state index is 14.3. The summed E-state index contributed by atoms with van der Waals surface area (Å²) in [7, 11) is 0. The summed E-state index contributed by atoms with van der Waals surface area (Å²) in [6.45, 7) is 11.8. The van der Waals surface area contributed by atoms with Crippen molar-refractivity contribution in [2.24, 2.45) is 5.41 Å². The van der Waals surface area contributed by atoms with Crippen molar-refractivity contribution in [3.63, 3.8) is 0 Å². The van der Waals surface area contributed by atoms with Gasteiger partial charge in [0, 0.05) is 18.0 Å². The average molecular weight is 545 g/mol. The molecule has 41 heavy (non-hydrogen) atoms. The Kier molecular flexibility index (Phi) is 5.27. The first-order valence-corrected chi connectivity index (χ1v) is 14.1. The third kappa shape index (κ3) is 3.14. The average Bonchev–Trinajstić information content (AvgIpc) is 3.48. The van der Waals surface area contributed by atoms with E-state index in [0.717, 1.165) is 22.4 Å². The van der Waals surface area contributed by atoms with Crippen LogP contribution in [0.1, 0.15) is 57.6 Å². The van der Waals surface area contributed by atoms with Crippen molar-refractivity contribution in [1.29, 1.82) is 0 Å². The van der Waals surface area contributed by atoms with Gasteiger partial charge in [-0.25, -0.2) is 4.98 Å². The molecule has 3 aliphatic heterocycles. The number of carbonyl (C=O) groups is 2. The van der Waals surface area contributed by atoms with Crippen LogP contribution in [-0.2, 0) is 15.0 Å². The maximum Gasteiger partial charge on any atom is 0.262 e. The second-order valence-electron chi connectivity index (χ2n) is 12.1. The van der Waals surface area contributed by atoms with Gasteiger partial charge in [0.1, 0.15) is 18.0 Å². The summed E-state index contributed by atoms with van der Waals surface area (Å²) in [5.41, 5.74) is 3.10. The van der Waals surface area contributed by atoms with Crippen LogP contribution in [0.4, 0.5) is 5.69 Å². The van der Waals surface area contributed by atoms with Crippen LogP contribution in [0, 0.1) is 5.41 Å². The lowest BCUT2D eigenvalue weighted by Crippen LogP contribution is -2.59. The van der Waals surface area contributed by atoms with Gasteiger partial charge in [0.2, 0.25) is 11.8 Å². The van der Waals surface area contributed by atoms with Crippen LogP contribution in [0.15, 0.2) is 90.2 Å². The number of amides is 2. The molecular weight excluding hydrogens is 512 g/mol. The van der Waals surface area contributed by atoms with E-state index in [-0.39, 0.29) is 17.4 Å². The normalized spacial score (nSPS) is 24.6. The first-order valence-electron chi connectivity index (χ1n) is 14.1. The summed E-state index contributed by atoms with van der Waals surface area (Å²) in [6, 6.07) is 22.4. The number of hydrogen-bond donors (Lipinski definition) is 0. The molecule has 7 heteroatoms. The van der Waals surface area contributed by atoms with Crippen molar-refractivity contribution in [2.45, 2.75) is 57.8 Å². The standard InChI is InChI=1S/C34H32N4O3/c1-6-33(4,5)34-19-28-29-35-26-15-11-10-14-24(26)31(41)36(29)20(2)30(40)38(28)32(34)37(21(3)39)27-17-16-23(18-25(27)34)22-12-8-7-9-13-22/h6-18,20,28,32H,1,19H2,2-5H3/t20-,28+,32+,34-/m1/s1. The minimum atomic E-state index is -0.758. The third-order valence-electron chi connectivity index (χ3n) is 9.78.